The molecule has 8 heteroatoms. The van der Waals surface area contributed by atoms with Crippen LogP contribution in [0.5, 0.6) is 0 Å². The lowest BCUT2D eigenvalue weighted by Gasteiger charge is -2.09. The minimum Gasteiger partial charge on any atom is -0.370 e. The second kappa shape index (κ2) is 7.83. The van der Waals surface area contributed by atoms with Gasteiger partial charge >= 0.3 is 0 Å². The van der Waals surface area contributed by atoms with E-state index in [2.05, 4.69) is 36.5 Å². The second-order valence-corrected chi connectivity index (χ2v) is 4.22. The molecule has 1 heterocycles. The molecule has 0 radical (unpaired) electrons. The van der Waals surface area contributed by atoms with Crippen LogP contribution in [0.2, 0.25) is 0 Å². The highest BCUT2D eigenvalue weighted by molar-refractivity contribution is 9.10. The third kappa shape index (κ3) is 5.28. The summed E-state index contributed by atoms with van der Waals surface area (Å²) in [6, 6.07) is 0. The number of rotatable bonds is 8. The molecule has 1 aromatic heterocycles. The molecule has 1 rings (SSSR count). The highest BCUT2D eigenvalue weighted by atomic mass is 79.9. The summed E-state index contributed by atoms with van der Waals surface area (Å²) in [5.74, 6) is 0.748. The Morgan fingerprint density at radius 3 is 3.00 bits per heavy atom. The molecule has 0 saturated heterocycles. The summed E-state index contributed by atoms with van der Waals surface area (Å²) in [4.78, 5) is 18.8. The quantitative estimate of drug-likeness (QED) is 0.606. The Bertz CT molecular complexity index is 402. The lowest BCUT2D eigenvalue weighted by atomic mass is 10.5. The molecule has 0 aromatic carbocycles. The number of amides is 1. The van der Waals surface area contributed by atoms with Crippen LogP contribution < -0.4 is 16.4 Å². The van der Waals surface area contributed by atoms with E-state index >= 15 is 0 Å². The highest BCUT2D eigenvalue weighted by Crippen LogP contribution is 2.19. The number of hydrogen-bond acceptors (Lipinski definition) is 6. The molecule has 0 saturated carbocycles. The summed E-state index contributed by atoms with van der Waals surface area (Å²) in [5.41, 5.74) is 4.94. The van der Waals surface area contributed by atoms with Crippen LogP contribution in [0.3, 0.4) is 0 Å². The van der Waals surface area contributed by atoms with E-state index in [1.807, 2.05) is 6.92 Å². The fourth-order valence-electron chi connectivity index (χ4n) is 1.15. The Morgan fingerprint density at radius 1 is 1.56 bits per heavy atom. The number of ether oxygens (including phenoxy) is 1. The third-order valence-electron chi connectivity index (χ3n) is 1.86. The molecule has 18 heavy (non-hydrogen) atoms. The molecule has 0 aliphatic rings. The molecule has 0 spiro atoms. The molecule has 100 valence electrons. The Labute approximate surface area is 114 Å². The summed E-state index contributed by atoms with van der Waals surface area (Å²) >= 11 is 3.34. The number of carbonyl (C=O) groups is 1. The largest absolute Gasteiger partial charge is 0.370 e. The van der Waals surface area contributed by atoms with E-state index < -0.39 is 5.91 Å². The first-order valence-electron chi connectivity index (χ1n) is 5.49. The number of hydrogen-bond donors (Lipinski definition) is 3. The maximum absolute atomic E-state index is 10.4. The van der Waals surface area contributed by atoms with E-state index in [-0.39, 0.29) is 6.61 Å². The molecule has 1 amide bonds. The van der Waals surface area contributed by atoms with Crippen LogP contribution in [0, 0.1) is 0 Å². The number of aromatic nitrogens is 2. The van der Waals surface area contributed by atoms with Crippen molar-refractivity contribution in [2.75, 3.05) is 36.9 Å². The molecular formula is C10H16BrN5O2. The first-order chi connectivity index (χ1) is 8.63. The summed E-state index contributed by atoms with van der Waals surface area (Å²) in [6.07, 6.45) is 1.66. The average Bonchev–Trinajstić information content (AvgIpc) is 2.32. The summed E-state index contributed by atoms with van der Waals surface area (Å²) in [6.45, 7) is 3.54. The fourth-order valence-corrected chi connectivity index (χ4v) is 1.48. The van der Waals surface area contributed by atoms with Gasteiger partial charge in [-0.1, -0.05) is 0 Å². The predicted molar refractivity (Wildman–Crippen MR) is 72.4 cm³/mol. The first-order valence-corrected chi connectivity index (χ1v) is 6.29. The van der Waals surface area contributed by atoms with E-state index in [1.165, 1.54) is 0 Å². The van der Waals surface area contributed by atoms with Crippen LogP contribution in [0.25, 0.3) is 0 Å². The first kappa shape index (κ1) is 14.7. The molecular weight excluding hydrogens is 302 g/mol. The number of nitrogens with one attached hydrogen (secondary N) is 2. The molecule has 0 aliphatic carbocycles. The summed E-state index contributed by atoms with van der Waals surface area (Å²) < 4.78 is 5.79. The van der Waals surface area contributed by atoms with Gasteiger partial charge in [0.15, 0.2) is 0 Å². The van der Waals surface area contributed by atoms with Gasteiger partial charge in [-0.3, -0.25) is 4.79 Å². The van der Waals surface area contributed by atoms with Crippen LogP contribution in [-0.4, -0.2) is 42.2 Å². The molecule has 0 fully saturated rings. The normalized spacial score (nSPS) is 10.1. The van der Waals surface area contributed by atoms with Crippen LogP contribution in [-0.2, 0) is 9.53 Å². The number of anilines is 2. The van der Waals surface area contributed by atoms with Gasteiger partial charge in [0, 0.05) is 19.3 Å². The molecule has 0 unspecified atom stereocenters. The van der Waals surface area contributed by atoms with Gasteiger partial charge in [0.25, 0.3) is 0 Å². The maximum Gasteiger partial charge on any atom is 0.243 e. The van der Waals surface area contributed by atoms with Crippen LogP contribution in [0.1, 0.15) is 6.92 Å². The van der Waals surface area contributed by atoms with E-state index in [1.54, 1.807) is 6.20 Å². The fraction of sp³-hybridized carbons (Fsp3) is 0.500. The van der Waals surface area contributed by atoms with Crippen molar-refractivity contribution in [3.8, 4) is 0 Å². The van der Waals surface area contributed by atoms with Crippen molar-refractivity contribution in [2.45, 2.75) is 6.92 Å². The van der Waals surface area contributed by atoms with Crippen LogP contribution in [0.4, 0.5) is 11.8 Å². The minimum atomic E-state index is -0.479. The zero-order valence-electron chi connectivity index (χ0n) is 10.1. The van der Waals surface area contributed by atoms with E-state index in [4.69, 9.17) is 10.5 Å². The van der Waals surface area contributed by atoms with Gasteiger partial charge in [0.2, 0.25) is 11.9 Å². The van der Waals surface area contributed by atoms with Crippen molar-refractivity contribution < 1.29 is 9.53 Å². The van der Waals surface area contributed by atoms with Crippen molar-refractivity contribution in [3.05, 3.63) is 10.7 Å². The average molecular weight is 318 g/mol. The van der Waals surface area contributed by atoms with Gasteiger partial charge in [-0.2, -0.15) is 4.98 Å². The molecule has 0 aliphatic heterocycles. The monoisotopic (exact) mass is 317 g/mol. The standard InChI is InChI=1S/C10H16BrN5O2/c1-2-13-10-15-5-7(11)9(16-10)14-3-4-18-6-8(12)17/h5H,2-4,6H2,1H3,(H2,12,17)(H2,13,14,15,16). The molecule has 0 atom stereocenters. The number of primary amides is 1. The number of nitrogens with zero attached hydrogens (tertiary/aromatic N) is 2. The predicted octanol–water partition coefficient (Wildman–Crippen LogP) is 0.585. The third-order valence-corrected chi connectivity index (χ3v) is 2.44. The van der Waals surface area contributed by atoms with Gasteiger partial charge in [0.05, 0.1) is 11.1 Å². The Kier molecular flexibility index (Phi) is 6.37. The zero-order chi connectivity index (χ0) is 13.4. The van der Waals surface area contributed by atoms with Crippen molar-refractivity contribution in [1.82, 2.24) is 9.97 Å². The smallest absolute Gasteiger partial charge is 0.243 e. The molecule has 7 nitrogen and oxygen atoms in total. The summed E-state index contributed by atoms with van der Waals surface area (Å²) in [5, 5.41) is 6.09. The van der Waals surface area contributed by atoms with Crippen molar-refractivity contribution in [3.63, 3.8) is 0 Å². The van der Waals surface area contributed by atoms with Gasteiger partial charge in [-0.05, 0) is 22.9 Å². The van der Waals surface area contributed by atoms with Gasteiger partial charge in [0.1, 0.15) is 12.4 Å². The van der Waals surface area contributed by atoms with E-state index in [0.29, 0.717) is 24.9 Å². The Balaban J connectivity index is 2.40. The lowest BCUT2D eigenvalue weighted by Crippen LogP contribution is -2.21. The SMILES string of the molecule is CCNc1ncc(Br)c(NCCOCC(N)=O)n1. The van der Waals surface area contributed by atoms with Crippen LogP contribution in [0.15, 0.2) is 10.7 Å². The van der Waals surface area contributed by atoms with Gasteiger partial charge in [-0.15, -0.1) is 0 Å². The molecule has 4 N–H and O–H groups in total. The van der Waals surface area contributed by atoms with Gasteiger partial charge in [-0.25, -0.2) is 4.98 Å². The van der Waals surface area contributed by atoms with E-state index in [0.717, 1.165) is 11.0 Å². The van der Waals surface area contributed by atoms with Crippen LogP contribution >= 0.6 is 15.9 Å². The number of nitrogens with two attached hydrogens (primary N) is 1. The maximum atomic E-state index is 10.4. The minimum absolute atomic E-state index is 0.0741. The van der Waals surface area contributed by atoms with Crippen molar-refractivity contribution in [1.29, 1.82) is 0 Å². The van der Waals surface area contributed by atoms with Gasteiger partial charge < -0.3 is 21.1 Å². The van der Waals surface area contributed by atoms with Crippen molar-refractivity contribution >= 4 is 33.6 Å². The zero-order valence-corrected chi connectivity index (χ0v) is 11.7. The Hall–Kier alpha value is -1.41. The summed E-state index contributed by atoms with van der Waals surface area (Å²) in [7, 11) is 0. The van der Waals surface area contributed by atoms with Crippen molar-refractivity contribution in [2.24, 2.45) is 5.73 Å². The molecule has 1 aromatic rings. The Morgan fingerprint density at radius 2 is 2.33 bits per heavy atom. The lowest BCUT2D eigenvalue weighted by molar-refractivity contribution is -0.122. The molecule has 0 bridgehead atoms. The highest BCUT2D eigenvalue weighted by Gasteiger charge is 2.04. The van der Waals surface area contributed by atoms with E-state index in [9.17, 15) is 4.79 Å². The topological polar surface area (TPSA) is 102 Å². The number of carbonyl (C=O) groups excluding carboxylic acids is 1. The second-order valence-electron chi connectivity index (χ2n) is 3.37. The number of halogens is 1.